The molecule has 0 fully saturated rings. The maximum Gasteiger partial charge on any atom is 0.330 e. The molecule has 0 aromatic heterocycles. The monoisotopic (exact) mass is 266 g/mol. The molecule has 0 saturated carbocycles. The number of hydrogen-bond acceptors (Lipinski definition) is 4. The lowest BCUT2D eigenvalue weighted by atomic mass is 10.1. The number of carboxylic acid groups (broad SMARTS) is 1. The molecule has 0 bridgehead atoms. The van der Waals surface area contributed by atoms with E-state index in [9.17, 15) is 9.59 Å². The molecule has 0 aliphatic heterocycles. The van der Waals surface area contributed by atoms with Crippen molar-refractivity contribution in [3.8, 4) is 5.75 Å². The predicted octanol–water partition coefficient (Wildman–Crippen LogP) is 0.340. The topological polar surface area (TPSA) is 102 Å². The molecule has 6 nitrogen and oxygen atoms in total. The highest BCUT2D eigenvalue weighted by Gasteiger charge is 2.20. The Kier molecular flexibility index (Phi) is 4.88. The SMILES string of the molecule is COc1c(C)cc(CNC(=O)C(N)C(=O)O)cc1C. The molecule has 104 valence electrons. The first-order valence-electron chi connectivity index (χ1n) is 5.77. The smallest absolute Gasteiger partial charge is 0.330 e. The van der Waals surface area contributed by atoms with Crippen LogP contribution in [0.25, 0.3) is 0 Å². The quantitative estimate of drug-likeness (QED) is 0.667. The number of benzene rings is 1. The fourth-order valence-corrected chi connectivity index (χ4v) is 1.88. The van der Waals surface area contributed by atoms with Crippen molar-refractivity contribution in [1.82, 2.24) is 5.32 Å². The van der Waals surface area contributed by atoms with Crippen LogP contribution in [0, 0.1) is 13.8 Å². The van der Waals surface area contributed by atoms with Gasteiger partial charge in [0.15, 0.2) is 6.04 Å². The molecule has 1 unspecified atom stereocenters. The molecule has 4 N–H and O–H groups in total. The number of nitrogens with two attached hydrogens (primary N) is 1. The van der Waals surface area contributed by atoms with Crippen LogP contribution in [0.2, 0.25) is 0 Å². The number of carbonyl (C=O) groups excluding carboxylic acids is 1. The van der Waals surface area contributed by atoms with E-state index in [1.165, 1.54) is 0 Å². The molecule has 1 atom stereocenters. The van der Waals surface area contributed by atoms with Crippen LogP contribution in [0.15, 0.2) is 12.1 Å². The van der Waals surface area contributed by atoms with Gasteiger partial charge in [-0.05, 0) is 30.5 Å². The van der Waals surface area contributed by atoms with Crippen molar-refractivity contribution in [2.24, 2.45) is 5.73 Å². The van der Waals surface area contributed by atoms with E-state index in [-0.39, 0.29) is 6.54 Å². The molecule has 1 aromatic carbocycles. The minimum Gasteiger partial charge on any atom is -0.496 e. The molecule has 19 heavy (non-hydrogen) atoms. The van der Waals surface area contributed by atoms with Crippen molar-refractivity contribution in [1.29, 1.82) is 0 Å². The summed E-state index contributed by atoms with van der Waals surface area (Å²) in [6.07, 6.45) is 0. The van der Waals surface area contributed by atoms with E-state index in [1.807, 2.05) is 26.0 Å². The Morgan fingerprint density at radius 1 is 1.37 bits per heavy atom. The lowest BCUT2D eigenvalue weighted by Gasteiger charge is -2.12. The zero-order chi connectivity index (χ0) is 14.6. The van der Waals surface area contributed by atoms with Crippen molar-refractivity contribution in [2.75, 3.05) is 7.11 Å². The Morgan fingerprint density at radius 2 is 1.89 bits per heavy atom. The van der Waals surface area contributed by atoms with Gasteiger partial charge in [0.2, 0.25) is 5.91 Å². The number of carboxylic acids is 1. The van der Waals surface area contributed by atoms with Crippen LogP contribution >= 0.6 is 0 Å². The number of methoxy groups -OCH3 is 1. The Balaban J connectivity index is 2.74. The number of nitrogens with one attached hydrogen (secondary N) is 1. The average Bonchev–Trinajstić information content (AvgIpc) is 2.34. The summed E-state index contributed by atoms with van der Waals surface area (Å²) in [4.78, 5) is 22.0. The molecule has 0 heterocycles. The third-order valence-electron chi connectivity index (χ3n) is 2.74. The van der Waals surface area contributed by atoms with Crippen LogP contribution in [0.3, 0.4) is 0 Å². The molecule has 0 spiro atoms. The number of rotatable bonds is 5. The number of hydrogen-bond donors (Lipinski definition) is 3. The first kappa shape index (κ1) is 15.0. The Bertz CT molecular complexity index is 476. The van der Waals surface area contributed by atoms with E-state index in [0.717, 1.165) is 22.4 Å². The van der Waals surface area contributed by atoms with Crippen LogP contribution in [-0.4, -0.2) is 30.1 Å². The van der Waals surface area contributed by atoms with E-state index in [4.69, 9.17) is 15.6 Å². The van der Waals surface area contributed by atoms with Crippen LogP contribution < -0.4 is 15.8 Å². The summed E-state index contributed by atoms with van der Waals surface area (Å²) in [5, 5.41) is 11.1. The van der Waals surface area contributed by atoms with E-state index in [1.54, 1.807) is 7.11 Å². The third kappa shape index (κ3) is 3.69. The predicted molar refractivity (Wildman–Crippen MR) is 69.9 cm³/mol. The molecule has 0 saturated heterocycles. The molecule has 0 aliphatic rings. The van der Waals surface area contributed by atoms with Crippen molar-refractivity contribution in [3.63, 3.8) is 0 Å². The number of carbonyl (C=O) groups is 2. The molecule has 1 aromatic rings. The van der Waals surface area contributed by atoms with Crippen LogP contribution in [0.1, 0.15) is 16.7 Å². The second kappa shape index (κ2) is 6.19. The molecular weight excluding hydrogens is 248 g/mol. The summed E-state index contributed by atoms with van der Waals surface area (Å²) in [6.45, 7) is 4.03. The second-order valence-corrected chi connectivity index (χ2v) is 4.30. The Labute approximate surface area is 111 Å². The summed E-state index contributed by atoms with van der Waals surface area (Å²) in [6, 6.07) is 2.21. The third-order valence-corrected chi connectivity index (χ3v) is 2.74. The minimum absolute atomic E-state index is 0.228. The fourth-order valence-electron chi connectivity index (χ4n) is 1.88. The zero-order valence-electron chi connectivity index (χ0n) is 11.2. The maximum absolute atomic E-state index is 11.4. The Hall–Kier alpha value is -2.08. The van der Waals surface area contributed by atoms with Crippen molar-refractivity contribution >= 4 is 11.9 Å². The fraction of sp³-hybridized carbons (Fsp3) is 0.385. The summed E-state index contributed by atoms with van der Waals surface area (Å²) in [5.41, 5.74) is 7.97. The van der Waals surface area contributed by atoms with Gasteiger partial charge in [-0.1, -0.05) is 12.1 Å². The largest absolute Gasteiger partial charge is 0.496 e. The summed E-state index contributed by atoms with van der Waals surface area (Å²) >= 11 is 0. The first-order valence-corrected chi connectivity index (χ1v) is 5.77. The standard InChI is InChI=1S/C13H18N2O4/c1-7-4-9(5-8(2)11(7)19-3)6-15-12(16)10(14)13(17)18/h4-5,10H,6,14H2,1-3H3,(H,15,16)(H,17,18). The van der Waals surface area contributed by atoms with Gasteiger partial charge in [-0.25, -0.2) is 4.79 Å². The van der Waals surface area contributed by atoms with Gasteiger partial charge < -0.3 is 20.9 Å². The van der Waals surface area contributed by atoms with Crippen molar-refractivity contribution < 1.29 is 19.4 Å². The lowest BCUT2D eigenvalue weighted by Crippen LogP contribution is -2.45. The van der Waals surface area contributed by atoms with Crippen LogP contribution in [-0.2, 0) is 16.1 Å². The van der Waals surface area contributed by atoms with Gasteiger partial charge in [-0.3, -0.25) is 4.79 Å². The van der Waals surface area contributed by atoms with Gasteiger partial charge in [-0.15, -0.1) is 0 Å². The lowest BCUT2D eigenvalue weighted by molar-refractivity contribution is -0.142. The molecule has 1 amide bonds. The van der Waals surface area contributed by atoms with Gasteiger partial charge in [-0.2, -0.15) is 0 Å². The van der Waals surface area contributed by atoms with Crippen LogP contribution in [0.4, 0.5) is 0 Å². The van der Waals surface area contributed by atoms with Crippen molar-refractivity contribution in [3.05, 3.63) is 28.8 Å². The highest BCUT2D eigenvalue weighted by molar-refractivity contribution is 6.00. The highest BCUT2D eigenvalue weighted by Crippen LogP contribution is 2.24. The van der Waals surface area contributed by atoms with Gasteiger partial charge in [0, 0.05) is 6.54 Å². The summed E-state index contributed by atoms with van der Waals surface area (Å²) < 4.78 is 5.24. The van der Waals surface area contributed by atoms with Gasteiger partial charge in [0.1, 0.15) is 5.75 Å². The van der Waals surface area contributed by atoms with E-state index < -0.39 is 17.9 Å². The molecule has 0 aliphatic carbocycles. The average molecular weight is 266 g/mol. The first-order chi connectivity index (χ1) is 8.86. The van der Waals surface area contributed by atoms with Gasteiger partial charge in [0.25, 0.3) is 0 Å². The second-order valence-electron chi connectivity index (χ2n) is 4.30. The Morgan fingerprint density at radius 3 is 2.32 bits per heavy atom. The normalized spacial score (nSPS) is 11.8. The number of aryl methyl sites for hydroxylation is 2. The highest BCUT2D eigenvalue weighted by atomic mass is 16.5. The van der Waals surface area contributed by atoms with E-state index in [2.05, 4.69) is 5.32 Å². The number of amides is 1. The maximum atomic E-state index is 11.4. The molecule has 1 rings (SSSR count). The number of ether oxygens (including phenoxy) is 1. The zero-order valence-corrected chi connectivity index (χ0v) is 11.2. The molecule has 6 heteroatoms. The van der Waals surface area contributed by atoms with Crippen LogP contribution in [0.5, 0.6) is 5.75 Å². The minimum atomic E-state index is -1.54. The number of aliphatic carboxylic acids is 1. The molecular formula is C13H18N2O4. The summed E-state index contributed by atoms with van der Waals surface area (Å²) in [7, 11) is 1.60. The van der Waals surface area contributed by atoms with E-state index >= 15 is 0 Å². The summed E-state index contributed by atoms with van der Waals surface area (Å²) in [5.74, 6) is -1.25. The van der Waals surface area contributed by atoms with E-state index in [0.29, 0.717) is 0 Å². The van der Waals surface area contributed by atoms with Crippen molar-refractivity contribution in [2.45, 2.75) is 26.4 Å². The molecule has 0 radical (unpaired) electrons. The van der Waals surface area contributed by atoms with Gasteiger partial charge >= 0.3 is 5.97 Å². The van der Waals surface area contributed by atoms with Gasteiger partial charge in [0.05, 0.1) is 7.11 Å².